The molecular weight excluding hydrogens is 403 g/mol. The fourth-order valence-corrected chi connectivity index (χ4v) is 2.15. The third-order valence-corrected chi connectivity index (χ3v) is 3.64. The molecule has 0 bridgehead atoms. The van der Waals surface area contributed by atoms with Gasteiger partial charge < -0.3 is 4.74 Å². The van der Waals surface area contributed by atoms with E-state index in [0.717, 1.165) is 0 Å². The minimum atomic E-state index is -2.59. The van der Waals surface area contributed by atoms with Gasteiger partial charge in [-0.25, -0.2) is 27.2 Å². The van der Waals surface area contributed by atoms with Gasteiger partial charge in [0.05, 0.1) is 10.6 Å². The summed E-state index contributed by atoms with van der Waals surface area (Å²) in [6.45, 7) is 4.00. The molecule has 3 aromatic rings. The summed E-state index contributed by atoms with van der Waals surface area (Å²) in [5.74, 6) is -0.178. The number of ether oxygens (including phenoxy) is 1. The highest BCUT2D eigenvalue weighted by Gasteiger charge is 2.11. The fourth-order valence-electron chi connectivity index (χ4n) is 1.75. The summed E-state index contributed by atoms with van der Waals surface area (Å²) in [5, 5.41) is 8.91. The minimum Gasteiger partial charge on any atom is -0.388 e. The van der Waals surface area contributed by atoms with Crippen molar-refractivity contribution in [3.05, 3.63) is 78.4 Å². The molecule has 0 amide bonds. The van der Waals surface area contributed by atoms with E-state index >= 15 is 0 Å². The molecule has 0 spiro atoms. The second-order valence-corrected chi connectivity index (χ2v) is 6.05. The van der Waals surface area contributed by atoms with Gasteiger partial charge >= 0.3 is 0 Å². The number of halogens is 3. The summed E-state index contributed by atoms with van der Waals surface area (Å²) in [4.78, 5) is 0.468. The van der Waals surface area contributed by atoms with E-state index in [9.17, 15) is 17.4 Å². The second kappa shape index (κ2) is 15.4. The first-order chi connectivity index (χ1) is 13.9. The Kier molecular flexibility index (Phi) is 14.1. The first-order valence-electron chi connectivity index (χ1n) is 8.60. The molecule has 1 unspecified atom stereocenters. The van der Waals surface area contributed by atoms with Crippen LogP contribution in [-0.4, -0.2) is 28.2 Å². The molecule has 0 aliphatic rings. The Morgan fingerprint density at radius 3 is 1.86 bits per heavy atom. The van der Waals surface area contributed by atoms with Crippen molar-refractivity contribution in [1.29, 1.82) is 0 Å². The molecular formula is C20H26F3N3O2S. The average Bonchev–Trinajstić information content (AvgIpc) is 3.22. The Morgan fingerprint density at radius 1 is 1.00 bits per heavy atom. The Balaban J connectivity index is 0.000000541. The van der Waals surface area contributed by atoms with Gasteiger partial charge in [0, 0.05) is 20.4 Å². The number of aromatic nitrogens is 2. The number of nitrogens with two attached hydrogens (primary N) is 1. The number of nitrogens with zero attached hydrogens (tertiary/aromatic N) is 2. The minimum absolute atomic E-state index is 0.178. The maximum atomic E-state index is 12.3. The number of methoxy groups -OCH3 is 1. The molecule has 3 rings (SSSR count). The second-order valence-electron chi connectivity index (χ2n) is 4.98. The van der Waals surface area contributed by atoms with Gasteiger partial charge in [-0.2, -0.15) is 5.10 Å². The summed E-state index contributed by atoms with van der Waals surface area (Å²) in [5.41, 5.74) is 0.322. The summed E-state index contributed by atoms with van der Waals surface area (Å²) in [7, 11) is 1.70. The molecule has 0 aliphatic carbocycles. The lowest BCUT2D eigenvalue weighted by atomic mass is 10.3. The zero-order chi connectivity index (χ0) is 22.2. The van der Waals surface area contributed by atoms with E-state index in [0.29, 0.717) is 10.6 Å². The van der Waals surface area contributed by atoms with Crippen LogP contribution in [0.4, 0.5) is 13.2 Å². The van der Waals surface area contributed by atoms with Crippen LogP contribution in [0.1, 0.15) is 26.0 Å². The van der Waals surface area contributed by atoms with Gasteiger partial charge in [-0.05, 0) is 42.5 Å². The van der Waals surface area contributed by atoms with Crippen LogP contribution >= 0.6 is 0 Å². The quantitative estimate of drug-likeness (QED) is 0.643. The fraction of sp³-hybridized carbons (Fsp3) is 0.250. The van der Waals surface area contributed by atoms with Crippen molar-refractivity contribution in [3.63, 3.8) is 0 Å². The lowest BCUT2D eigenvalue weighted by Crippen LogP contribution is -2.03. The molecule has 160 valence electrons. The van der Waals surface area contributed by atoms with Crippen molar-refractivity contribution < 1.29 is 22.1 Å². The zero-order valence-electron chi connectivity index (χ0n) is 16.8. The Morgan fingerprint density at radius 2 is 1.52 bits per heavy atom. The van der Waals surface area contributed by atoms with E-state index in [-0.39, 0.29) is 11.5 Å². The number of rotatable bonds is 3. The van der Waals surface area contributed by atoms with Crippen molar-refractivity contribution in [2.75, 3.05) is 14.2 Å². The van der Waals surface area contributed by atoms with Gasteiger partial charge in [0.15, 0.2) is 0 Å². The lowest BCUT2D eigenvalue weighted by Gasteiger charge is -2.02. The highest BCUT2D eigenvalue weighted by atomic mass is 32.2. The van der Waals surface area contributed by atoms with Crippen LogP contribution in [-0.2, 0) is 15.7 Å². The van der Waals surface area contributed by atoms with Gasteiger partial charge in [-0.15, -0.1) is 0 Å². The van der Waals surface area contributed by atoms with E-state index in [2.05, 4.69) is 9.84 Å². The van der Waals surface area contributed by atoms with Crippen molar-refractivity contribution in [2.45, 2.75) is 25.2 Å². The highest BCUT2D eigenvalue weighted by Crippen LogP contribution is 2.18. The number of hydrogen-bond donors (Lipinski definition) is 1. The number of benzene rings is 2. The van der Waals surface area contributed by atoms with Crippen LogP contribution in [0, 0.1) is 5.82 Å². The van der Waals surface area contributed by atoms with Crippen LogP contribution in [0.5, 0.6) is 0 Å². The van der Waals surface area contributed by atoms with Crippen LogP contribution in [0.15, 0.2) is 71.8 Å². The molecule has 0 radical (unpaired) electrons. The van der Waals surface area contributed by atoms with Crippen LogP contribution in [0.25, 0.3) is 5.69 Å². The summed E-state index contributed by atoms with van der Waals surface area (Å²) >= 11 is 0. The van der Waals surface area contributed by atoms with Crippen molar-refractivity contribution in [1.82, 2.24) is 9.78 Å². The normalized spacial score (nSPS) is 10.5. The maximum Gasteiger partial charge on any atom is 0.282 e. The van der Waals surface area contributed by atoms with E-state index < -0.39 is 17.4 Å². The Bertz CT molecular complexity index is 813. The Labute approximate surface area is 171 Å². The van der Waals surface area contributed by atoms with E-state index in [4.69, 9.17) is 5.14 Å². The third kappa shape index (κ3) is 10.6. The molecule has 29 heavy (non-hydrogen) atoms. The van der Waals surface area contributed by atoms with Gasteiger partial charge in [-0.1, -0.05) is 32.0 Å². The molecule has 9 heteroatoms. The molecule has 0 saturated heterocycles. The highest BCUT2D eigenvalue weighted by molar-refractivity contribution is 7.82. The first kappa shape index (κ1) is 26.5. The topological polar surface area (TPSA) is 70.1 Å². The molecule has 1 heterocycles. The standard InChI is InChI=1S/C10H9F2N3OS.C6H5F.C2H6O.C2H6/c11-10(12)9-5-6-15(14-9)7-1-3-8(4-2-7)17(13)16;7-6-4-2-1-3-5-6;1-3-2;1-2/h1-6,10H,13H2;1-5H;1-2H3;1-2H3. The number of alkyl halides is 2. The van der Waals surface area contributed by atoms with Crippen LogP contribution in [0.2, 0.25) is 0 Å². The van der Waals surface area contributed by atoms with Gasteiger partial charge in [-0.3, -0.25) is 0 Å². The monoisotopic (exact) mass is 429 g/mol. The molecule has 2 N–H and O–H groups in total. The molecule has 1 aromatic heterocycles. The van der Waals surface area contributed by atoms with Gasteiger partial charge in [0.1, 0.15) is 22.5 Å². The first-order valence-corrected chi connectivity index (χ1v) is 9.81. The molecule has 1 atom stereocenters. The SMILES string of the molecule is CC.COC.Fc1ccccc1.NS(=O)c1ccc(-n2ccc(C(F)F)n2)cc1. The number of hydrogen-bond acceptors (Lipinski definition) is 3. The van der Waals surface area contributed by atoms with E-state index in [1.54, 1.807) is 56.7 Å². The largest absolute Gasteiger partial charge is 0.388 e. The third-order valence-electron chi connectivity index (χ3n) is 2.90. The predicted octanol–water partition coefficient (Wildman–Crippen LogP) is 4.91. The van der Waals surface area contributed by atoms with Gasteiger partial charge in [0.25, 0.3) is 6.43 Å². The molecule has 0 saturated carbocycles. The Hall–Kier alpha value is -2.49. The average molecular weight is 430 g/mol. The molecule has 0 aliphatic heterocycles. The van der Waals surface area contributed by atoms with Crippen LogP contribution < -0.4 is 5.14 Å². The molecule has 0 fully saturated rings. The molecule has 2 aromatic carbocycles. The van der Waals surface area contributed by atoms with E-state index in [1.807, 2.05) is 13.8 Å². The summed E-state index contributed by atoms with van der Waals surface area (Å²) in [6.07, 6.45) is -1.15. The summed E-state index contributed by atoms with van der Waals surface area (Å²) in [6, 6.07) is 15.5. The summed E-state index contributed by atoms with van der Waals surface area (Å²) < 4.78 is 53.1. The molecule has 5 nitrogen and oxygen atoms in total. The van der Waals surface area contributed by atoms with Crippen molar-refractivity contribution in [3.8, 4) is 5.69 Å². The smallest absolute Gasteiger partial charge is 0.282 e. The van der Waals surface area contributed by atoms with Crippen molar-refractivity contribution in [2.24, 2.45) is 5.14 Å². The lowest BCUT2D eigenvalue weighted by molar-refractivity contribution is 0.145. The maximum absolute atomic E-state index is 12.3. The zero-order valence-corrected chi connectivity index (χ0v) is 17.6. The van der Waals surface area contributed by atoms with Crippen LogP contribution in [0.3, 0.4) is 0 Å². The predicted molar refractivity (Wildman–Crippen MR) is 110 cm³/mol. The van der Waals surface area contributed by atoms with Gasteiger partial charge in [0.2, 0.25) is 0 Å². The van der Waals surface area contributed by atoms with Crippen molar-refractivity contribution >= 4 is 11.0 Å². The van der Waals surface area contributed by atoms with E-state index in [1.165, 1.54) is 29.1 Å².